The molecule has 0 unspecified atom stereocenters. The fourth-order valence-electron chi connectivity index (χ4n) is 4.28. The lowest BCUT2D eigenvalue weighted by Crippen LogP contribution is -2.53. The number of amides is 1. The Kier molecular flexibility index (Phi) is 5.92. The molecule has 2 aromatic rings. The Morgan fingerprint density at radius 1 is 1.20 bits per heavy atom. The van der Waals surface area contributed by atoms with Crippen molar-refractivity contribution in [3.05, 3.63) is 46.7 Å². The number of ether oxygens (including phenoxy) is 1. The van der Waals surface area contributed by atoms with Gasteiger partial charge in [0.2, 0.25) is 10.0 Å². The highest BCUT2D eigenvalue weighted by atomic mass is 32.2. The number of para-hydroxylation sites is 1. The first-order valence-electron chi connectivity index (χ1n) is 10.3. The second-order valence-corrected chi connectivity index (χ2v) is 11.4. The molecule has 0 N–H and O–H groups in total. The Morgan fingerprint density at radius 2 is 1.93 bits per heavy atom. The van der Waals surface area contributed by atoms with Gasteiger partial charge in [-0.05, 0) is 42.3 Å². The monoisotopic (exact) mass is 448 g/mol. The molecule has 30 heavy (non-hydrogen) atoms. The number of rotatable bonds is 3. The number of thiophene rings is 1. The summed E-state index contributed by atoms with van der Waals surface area (Å²) in [6.07, 6.45) is 1.43. The molecule has 0 atom stereocenters. The minimum Gasteiger partial charge on any atom is -0.492 e. The third kappa shape index (κ3) is 4.13. The molecule has 162 valence electrons. The first kappa shape index (κ1) is 21.3. The van der Waals surface area contributed by atoms with Crippen LogP contribution in [0.1, 0.15) is 37.0 Å². The minimum absolute atomic E-state index is 0.0508. The number of hydrogen-bond acceptors (Lipinski definition) is 5. The van der Waals surface area contributed by atoms with E-state index >= 15 is 0 Å². The van der Waals surface area contributed by atoms with Gasteiger partial charge < -0.3 is 9.64 Å². The number of hydrogen-bond donors (Lipinski definition) is 0. The van der Waals surface area contributed by atoms with Crippen molar-refractivity contribution in [3.63, 3.8) is 0 Å². The highest BCUT2D eigenvalue weighted by Crippen LogP contribution is 2.39. The van der Waals surface area contributed by atoms with Crippen molar-refractivity contribution in [2.45, 2.75) is 31.6 Å². The molecule has 1 aromatic heterocycles. The molecule has 2 aliphatic rings. The normalized spacial score (nSPS) is 21.0. The number of nitrogens with zero attached hydrogens (tertiary/aromatic N) is 2. The summed E-state index contributed by atoms with van der Waals surface area (Å²) in [4.78, 5) is 14.8. The number of sulfonamides is 1. The molecule has 1 spiro atoms. The number of carbonyl (C=O) groups is 1. The fraction of sp³-hybridized carbons (Fsp3) is 0.500. The first-order valence-corrected chi connectivity index (χ1v) is 12.7. The van der Waals surface area contributed by atoms with Crippen LogP contribution in [0.15, 0.2) is 46.0 Å². The van der Waals surface area contributed by atoms with Gasteiger partial charge in [0.05, 0.1) is 12.2 Å². The third-order valence-corrected chi connectivity index (χ3v) is 8.50. The molecule has 8 heteroatoms. The van der Waals surface area contributed by atoms with E-state index in [1.807, 2.05) is 35.6 Å². The summed E-state index contributed by atoms with van der Waals surface area (Å²) in [7, 11) is -3.65. The van der Waals surface area contributed by atoms with E-state index < -0.39 is 10.0 Å². The van der Waals surface area contributed by atoms with Crippen molar-refractivity contribution in [3.8, 4) is 5.75 Å². The van der Waals surface area contributed by atoms with Crippen LogP contribution in [0.3, 0.4) is 0 Å². The quantitative estimate of drug-likeness (QED) is 0.718. The number of carbonyl (C=O) groups excluding carboxylic acids is 1. The Bertz CT molecular complexity index is 994. The van der Waals surface area contributed by atoms with Crippen molar-refractivity contribution in [2.24, 2.45) is 11.3 Å². The predicted octanol–water partition coefficient (Wildman–Crippen LogP) is 3.71. The fourth-order valence-corrected chi connectivity index (χ4v) is 6.76. The van der Waals surface area contributed by atoms with Gasteiger partial charge in [0.1, 0.15) is 10.6 Å². The Morgan fingerprint density at radius 3 is 2.60 bits per heavy atom. The molecule has 0 saturated carbocycles. The van der Waals surface area contributed by atoms with Gasteiger partial charge in [-0.1, -0.05) is 26.0 Å². The maximum Gasteiger partial charge on any atom is 0.254 e. The lowest BCUT2D eigenvalue weighted by molar-refractivity contribution is 0.0291. The molecule has 3 heterocycles. The molecule has 1 aromatic carbocycles. The molecule has 0 radical (unpaired) electrons. The summed E-state index contributed by atoms with van der Waals surface area (Å²) in [6, 6.07) is 8.74. The van der Waals surface area contributed by atoms with Crippen molar-refractivity contribution < 1.29 is 17.9 Å². The van der Waals surface area contributed by atoms with Gasteiger partial charge in [0.25, 0.3) is 5.91 Å². The van der Waals surface area contributed by atoms with E-state index in [9.17, 15) is 13.2 Å². The van der Waals surface area contributed by atoms with Gasteiger partial charge in [-0.25, -0.2) is 8.42 Å². The maximum absolute atomic E-state index is 13.4. The molecule has 1 amide bonds. The lowest BCUT2D eigenvalue weighted by Gasteiger charge is -2.45. The van der Waals surface area contributed by atoms with E-state index in [-0.39, 0.29) is 22.1 Å². The van der Waals surface area contributed by atoms with Gasteiger partial charge >= 0.3 is 0 Å². The Hall–Kier alpha value is -1.90. The van der Waals surface area contributed by atoms with Crippen LogP contribution in [0.2, 0.25) is 0 Å². The van der Waals surface area contributed by atoms with Gasteiger partial charge in [0, 0.05) is 37.0 Å². The summed E-state index contributed by atoms with van der Waals surface area (Å²) >= 11 is 1.52. The topological polar surface area (TPSA) is 66.9 Å². The van der Waals surface area contributed by atoms with Crippen molar-refractivity contribution in [2.75, 3.05) is 32.8 Å². The third-order valence-electron chi connectivity index (χ3n) is 5.96. The van der Waals surface area contributed by atoms with Crippen molar-refractivity contribution in [1.29, 1.82) is 0 Å². The molecule has 0 aliphatic carbocycles. The largest absolute Gasteiger partial charge is 0.492 e. The zero-order chi connectivity index (χ0) is 21.4. The summed E-state index contributed by atoms with van der Waals surface area (Å²) in [5.41, 5.74) is 0.420. The molecule has 1 fully saturated rings. The summed E-state index contributed by atoms with van der Waals surface area (Å²) in [6.45, 7) is 6.62. The number of piperidine rings is 1. The standard InChI is InChI=1S/C22H28N2O4S2/c1-17(2)13-24-15-22(16-28-19-5-3-4-6-20(19)30(24,26)27)8-10-23(11-9-22)21(25)18-7-12-29-14-18/h3-7,12,14,17H,8-11,13,15-16H2,1-2H3. The SMILES string of the molecule is CC(C)CN1CC2(CCN(C(=O)c3ccsc3)CC2)COc2ccccc2S1(=O)=O. The highest BCUT2D eigenvalue weighted by Gasteiger charge is 2.43. The van der Waals surface area contributed by atoms with Crippen LogP contribution < -0.4 is 4.74 Å². The van der Waals surface area contributed by atoms with E-state index in [1.165, 1.54) is 11.3 Å². The molecule has 6 nitrogen and oxygen atoms in total. The van der Waals surface area contributed by atoms with Crippen LogP contribution in [-0.2, 0) is 10.0 Å². The first-order chi connectivity index (χ1) is 14.3. The summed E-state index contributed by atoms with van der Waals surface area (Å²) in [5, 5.41) is 3.78. The molecule has 4 rings (SSSR count). The van der Waals surface area contributed by atoms with Gasteiger partial charge in [0.15, 0.2) is 0 Å². The smallest absolute Gasteiger partial charge is 0.254 e. The molecule has 1 saturated heterocycles. The minimum atomic E-state index is -3.65. The Labute approximate surface area is 182 Å². The molecule has 0 bridgehead atoms. The second kappa shape index (κ2) is 8.32. The average molecular weight is 449 g/mol. The predicted molar refractivity (Wildman–Crippen MR) is 117 cm³/mol. The average Bonchev–Trinajstić information content (AvgIpc) is 3.26. The van der Waals surface area contributed by atoms with Crippen LogP contribution in [0, 0.1) is 11.3 Å². The molecular formula is C22H28N2O4S2. The van der Waals surface area contributed by atoms with E-state index in [0.29, 0.717) is 38.5 Å². The summed E-state index contributed by atoms with van der Waals surface area (Å²) < 4.78 is 34.6. The second-order valence-electron chi connectivity index (χ2n) is 8.73. The summed E-state index contributed by atoms with van der Waals surface area (Å²) in [5.74, 6) is 0.682. The number of likely N-dealkylation sites (tertiary alicyclic amines) is 1. The van der Waals surface area contributed by atoms with Gasteiger partial charge in [-0.3, -0.25) is 4.79 Å². The molecule has 2 aliphatic heterocycles. The lowest BCUT2D eigenvalue weighted by atomic mass is 9.78. The number of fused-ring (bicyclic) bond motifs is 1. The van der Waals surface area contributed by atoms with Crippen LogP contribution in [0.4, 0.5) is 0 Å². The van der Waals surface area contributed by atoms with E-state index in [4.69, 9.17) is 4.74 Å². The van der Waals surface area contributed by atoms with Crippen LogP contribution in [0.5, 0.6) is 5.75 Å². The van der Waals surface area contributed by atoms with Crippen molar-refractivity contribution in [1.82, 2.24) is 9.21 Å². The molecular weight excluding hydrogens is 420 g/mol. The van der Waals surface area contributed by atoms with Gasteiger partial charge in [-0.15, -0.1) is 0 Å². The van der Waals surface area contributed by atoms with E-state index in [1.54, 1.807) is 28.6 Å². The van der Waals surface area contributed by atoms with Crippen molar-refractivity contribution >= 4 is 27.3 Å². The zero-order valence-electron chi connectivity index (χ0n) is 17.4. The van der Waals surface area contributed by atoms with Crippen LogP contribution in [0.25, 0.3) is 0 Å². The highest BCUT2D eigenvalue weighted by molar-refractivity contribution is 7.89. The van der Waals surface area contributed by atoms with E-state index in [0.717, 1.165) is 18.4 Å². The Balaban J connectivity index is 1.60. The zero-order valence-corrected chi connectivity index (χ0v) is 19.0. The number of benzene rings is 1. The van der Waals surface area contributed by atoms with E-state index in [2.05, 4.69) is 0 Å². The van der Waals surface area contributed by atoms with Gasteiger partial charge in [-0.2, -0.15) is 15.6 Å². The van der Waals surface area contributed by atoms with Crippen LogP contribution >= 0.6 is 11.3 Å². The maximum atomic E-state index is 13.4. The van der Waals surface area contributed by atoms with Crippen LogP contribution in [-0.4, -0.2) is 56.3 Å².